The number of hydrogen-bond acceptors (Lipinski definition) is 4. The Bertz CT molecular complexity index is 1170. The second kappa shape index (κ2) is 8.37. The molecule has 0 aliphatic rings. The lowest BCUT2D eigenvalue weighted by molar-refractivity contribution is -0.118. The fourth-order valence-electron chi connectivity index (χ4n) is 3.02. The number of rotatable bonds is 6. The number of ether oxygens (including phenoxy) is 1. The van der Waals surface area contributed by atoms with Gasteiger partial charge in [0.15, 0.2) is 12.2 Å². The number of carbonyl (C=O) groups is 1. The summed E-state index contributed by atoms with van der Waals surface area (Å²) in [4.78, 5) is 16.7. The van der Waals surface area contributed by atoms with Crippen LogP contribution in [0.15, 0.2) is 71.1 Å². The molecule has 1 N–H and O–H groups in total. The molecule has 0 aliphatic carbocycles. The zero-order valence-corrected chi connectivity index (χ0v) is 16.7. The van der Waals surface area contributed by atoms with Crippen LogP contribution in [0, 0.1) is 5.82 Å². The molecule has 0 spiro atoms. The zero-order valence-electron chi connectivity index (χ0n) is 16.7. The summed E-state index contributed by atoms with van der Waals surface area (Å²) in [6, 6.07) is 18.8. The van der Waals surface area contributed by atoms with Crippen molar-refractivity contribution in [3.8, 4) is 17.2 Å². The summed E-state index contributed by atoms with van der Waals surface area (Å²) < 4.78 is 24.4. The summed E-state index contributed by atoms with van der Waals surface area (Å²) >= 11 is 0. The summed E-state index contributed by atoms with van der Waals surface area (Å²) in [7, 11) is 0. The van der Waals surface area contributed by atoms with E-state index < -0.39 is 0 Å². The van der Waals surface area contributed by atoms with E-state index >= 15 is 0 Å². The second-order valence-corrected chi connectivity index (χ2v) is 7.27. The normalized spacial score (nSPS) is 11.1. The molecular weight excluding hydrogens is 383 g/mol. The first kappa shape index (κ1) is 19.6. The lowest BCUT2D eigenvalue weighted by Gasteiger charge is -2.09. The Hall–Kier alpha value is -3.67. The van der Waals surface area contributed by atoms with E-state index in [0.717, 1.165) is 0 Å². The summed E-state index contributed by atoms with van der Waals surface area (Å²) in [5.74, 6) is 0.881. The zero-order chi connectivity index (χ0) is 21.1. The molecular formula is C24H21FN2O3. The van der Waals surface area contributed by atoms with Crippen molar-refractivity contribution in [2.75, 3.05) is 11.9 Å². The van der Waals surface area contributed by atoms with Crippen molar-refractivity contribution >= 4 is 22.7 Å². The molecule has 152 valence electrons. The van der Waals surface area contributed by atoms with Gasteiger partial charge in [-0.3, -0.25) is 4.79 Å². The van der Waals surface area contributed by atoms with Gasteiger partial charge in [0.25, 0.3) is 5.91 Å². The van der Waals surface area contributed by atoms with Crippen LogP contribution >= 0.6 is 0 Å². The van der Waals surface area contributed by atoms with Crippen LogP contribution in [-0.4, -0.2) is 17.5 Å². The van der Waals surface area contributed by atoms with Gasteiger partial charge in [0.05, 0.1) is 0 Å². The van der Waals surface area contributed by atoms with Crippen LogP contribution in [0.1, 0.15) is 25.3 Å². The SMILES string of the molecule is CC(C)c1ccc(OCC(=O)Nc2ccc3oc(-c4ccc(F)cc4)nc3c2)cc1. The predicted octanol–water partition coefficient (Wildman–Crippen LogP) is 5.77. The third-order valence-electron chi connectivity index (χ3n) is 4.68. The Balaban J connectivity index is 1.40. The predicted molar refractivity (Wildman–Crippen MR) is 114 cm³/mol. The van der Waals surface area contributed by atoms with E-state index in [0.29, 0.717) is 39.9 Å². The molecule has 0 saturated heterocycles. The van der Waals surface area contributed by atoms with E-state index in [9.17, 15) is 9.18 Å². The first-order valence-corrected chi connectivity index (χ1v) is 9.67. The molecule has 1 amide bonds. The highest BCUT2D eigenvalue weighted by atomic mass is 19.1. The second-order valence-electron chi connectivity index (χ2n) is 7.27. The van der Waals surface area contributed by atoms with Crippen LogP contribution in [0.4, 0.5) is 10.1 Å². The fraction of sp³-hybridized carbons (Fsp3) is 0.167. The molecule has 4 rings (SSSR count). The van der Waals surface area contributed by atoms with E-state index in [1.165, 1.54) is 17.7 Å². The van der Waals surface area contributed by atoms with Gasteiger partial charge in [0, 0.05) is 11.3 Å². The van der Waals surface area contributed by atoms with Crippen molar-refractivity contribution in [3.63, 3.8) is 0 Å². The molecule has 1 aromatic heterocycles. The number of halogens is 1. The quantitative estimate of drug-likeness (QED) is 0.443. The number of aromatic nitrogens is 1. The molecule has 0 saturated carbocycles. The maximum Gasteiger partial charge on any atom is 0.262 e. The highest BCUT2D eigenvalue weighted by Gasteiger charge is 2.11. The monoisotopic (exact) mass is 404 g/mol. The number of fused-ring (bicyclic) bond motifs is 1. The van der Waals surface area contributed by atoms with Gasteiger partial charge in [-0.2, -0.15) is 0 Å². The molecule has 6 heteroatoms. The minimum atomic E-state index is -0.321. The minimum absolute atomic E-state index is 0.0985. The molecule has 0 atom stereocenters. The first-order chi connectivity index (χ1) is 14.5. The third kappa shape index (κ3) is 4.49. The first-order valence-electron chi connectivity index (χ1n) is 9.67. The van der Waals surface area contributed by atoms with Crippen molar-refractivity contribution in [1.82, 2.24) is 4.98 Å². The average Bonchev–Trinajstić information content (AvgIpc) is 3.16. The molecule has 1 heterocycles. The van der Waals surface area contributed by atoms with Gasteiger partial charge in [-0.05, 0) is 66.1 Å². The Morgan fingerprint density at radius 1 is 1.07 bits per heavy atom. The van der Waals surface area contributed by atoms with Crippen molar-refractivity contribution in [2.45, 2.75) is 19.8 Å². The van der Waals surface area contributed by atoms with Crippen molar-refractivity contribution < 1.29 is 18.3 Å². The number of oxazole rings is 1. The molecule has 3 aromatic carbocycles. The summed E-state index contributed by atoms with van der Waals surface area (Å²) in [5, 5.41) is 2.80. The standard InChI is InChI=1S/C24H21FN2O3/c1-15(2)16-5-10-20(11-6-16)29-14-23(28)26-19-9-12-22-21(13-19)27-24(30-22)17-3-7-18(25)8-4-17/h3-13,15H,14H2,1-2H3,(H,26,28). The number of nitrogens with zero attached hydrogens (tertiary/aromatic N) is 1. The molecule has 0 fully saturated rings. The van der Waals surface area contributed by atoms with Gasteiger partial charge in [0.2, 0.25) is 5.89 Å². The van der Waals surface area contributed by atoms with Gasteiger partial charge in [0.1, 0.15) is 17.1 Å². The number of benzene rings is 3. The topological polar surface area (TPSA) is 64.4 Å². The molecule has 5 nitrogen and oxygen atoms in total. The highest BCUT2D eigenvalue weighted by Crippen LogP contribution is 2.26. The summed E-state index contributed by atoms with van der Waals surface area (Å²) in [6.07, 6.45) is 0. The van der Waals surface area contributed by atoms with E-state index in [1.54, 1.807) is 30.3 Å². The van der Waals surface area contributed by atoms with E-state index in [2.05, 4.69) is 24.1 Å². The van der Waals surface area contributed by atoms with Crippen LogP contribution in [0.3, 0.4) is 0 Å². The van der Waals surface area contributed by atoms with Gasteiger partial charge in [-0.1, -0.05) is 26.0 Å². The van der Waals surface area contributed by atoms with Gasteiger partial charge in [-0.25, -0.2) is 9.37 Å². The largest absolute Gasteiger partial charge is 0.484 e. The number of hydrogen-bond donors (Lipinski definition) is 1. The van der Waals surface area contributed by atoms with E-state index in [4.69, 9.17) is 9.15 Å². The third-order valence-corrected chi connectivity index (χ3v) is 4.68. The molecule has 0 bridgehead atoms. The summed E-state index contributed by atoms with van der Waals surface area (Å²) in [5.41, 5.74) is 3.65. The summed E-state index contributed by atoms with van der Waals surface area (Å²) in [6.45, 7) is 4.15. The lowest BCUT2D eigenvalue weighted by Crippen LogP contribution is -2.20. The van der Waals surface area contributed by atoms with Crippen LogP contribution < -0.4 is 10.1 Å². The van der Waals surface area contributed by atoms with E-state index in [1.807, 2.05) is 24.3 Å². The van der Waals surface area contributed by atoms with Gasteiger partial charge < -0.3 is 14.5 Å². The number of amides is 1. The Morgan fingerprint density at radius 3 is 2.50 bits per heavy atom. The maximum absolute atomic E-state index is 13.1. The molecule has 0 radical (unpaired) electrons. The smallest absolute Gasteiger partial charge is 0.262 e. The van der Waals surface area contributed by atoms with Gasteiger partial charge >= 0.3 is 0 Å². The minimum Gasteiger partial charge on any atom is -0.484 e. The molecule has 30 heavy (non-hydrogen) atoms. The Labute approximate surface area is 173 Å². The van der Waals surface area contributed by atoms with E-state index in [-0.39, 0.29) is 18.3 Å². The van der Waals surface area contributed by atoms with Crippen molar-refractivity contribution in [1.29, 1.82) is 0 Å². The van der Waals surface area contributed by atoms with Crippen LogP contribution in [0.2, 0.25) is 0 Å². The molecule has 4 aromatic rings. The average molecular weight is 404 g/mol. The maximum atomic E-state index is 13.1. The number of nitrogens with one attached hydrogen (secondary N) is 1. The van der Waals surface area contributed by atoms with Gasteiger partial charge in [-0.15, -0.1) is 0 Å². The van der Waals surface area contributed by atoms with Crippen molar-refractivity contribution in [2.24, 2.45) is 0 Å². The number of carbonyl (C=O) groups excluding carboxylic acids is 1. The lowest BCUT2D eigenvalue weighted by atomic mass is 10.0. The van der Waals surface area contributed by atoms with Crippen LogP contribution in [0.5, 0.6) is 5.75 Å². The van der Waals surface area contributed by atoms with Crippen LogP contribution in [0.25, 0.3) is 22.6 Å². The Morgan fingerprint density at radius 2 is 1.80 bits per heavy atom. The molecule has 0 aliphatic heterocycles. The Kier molecular flexibility index (Phi) is 5.48. The molecule has 0 unspecified atom stereocenters. The fourth-order valence-corrected chi connectivity index (χ4v) is 3.02. The van der Waals surface area contributed by atoms with Crippen LogP contribution in [-0.2, 0) is 4.79 Å². The number of anilines is 1. The highest BCUT2D eigenvalue weighted by molar-refractivity contribution is 5.94. The van der Waals surface area contributed by atoms with Crippen molar-refractivity contribution in [3.05, 3.63) is 78.1 Å².